The molecular weight excluding hydrogens is 390 g/mol. The third-order valence-corrected chi connectivity index (χ3v) is 5.52. The first kappa shape index (κ1) is 20.8. The summed E-state index contributed by atoms with van der Waals surface area (Å²) in [7, 11) is 0. The molecule has 0 saturated heterocycles. The summed E-state index contributed by atoms with van der Waals surface area (Å²) >= 11 is 8.60. The average Bonchev–Trinajstić information content (AvgIpc) is 2.60. The van der Waals surface area contributed by atoms with Crippen molar-refractivity contribution in [1.29, 1.82) is 0 Å². The van der Waals surface area contributed by atoms with Gasteiger partial charge in [-0.15, -0.1) is 0 Å². The number of carbonyl (C=O) groups is 1. The summed E-state index contributed by atoms with van der Waals surface area (Å²) in [6.07, 6.45) is 1.98. The third kappa shape index (κ3) is 5.27. The molecule has 138 valence electrons. The molecule has 0 aliphatic heterocycles. The molecule has 0 aliphatic carbocycles. The van der Waals surface area contributed by atoms with Crippen molar-refractivity contribution in [2.75, 3.05) is 0 Å². The molecule has 2 rings (SSSR count). The first-order chi connectivity index (χ1) is 12.2. The minimum atomic E-state index is -1.37. The molecular formula is C19H20ClNO3S2. The van der Waals surface area contributed by atoms with Crippen molar-refractivity contribution < 1.29 is 13.5 Å². The Labute approximate surface area is 167 Å². The van der Waals surface area contributed by atoms with Crippen LogP contribution in [0.2, 0.25) is 5.02 Å². The average molecular weight is 410 g/mol. The third-order valence-electron chi connectivity index (χ3n) is 3.65. The smallest absolute Gasteiger partial charge is 0.350 e. The monoisotopic (exact) mass is 409 g/mol. The molecule has 0 spiro atoms. The Morgan fingerprint density at radius 3 is 2.62 bits per heavy atom. The molecule has 7 heteroatoms. The molecule has 4 nitrogen and oxygen atoms in total. The van der Waals surface area contributed by atoms with E-state index in [0.29, 0.717) is 17.0 Å². The summed E-state index contributed by atoms with van der Waals surface area (Å²) in [5, 5.41) is 0.546. The number of thiol groups is 1. The standard InChI is InChI=1S/C19H20ClNO3S2/c1-19(2,3)26(23)21-12-14-8-6-10-17(20)16(14)11-13-7-4-5-9-15(13)18(22)24-25/h4-10,12,25H,11H2,1-3H3. The highest BCUT2D eigenvalue weighted by Crippen LogP contribution is 2.25. The fourth-order valence-corrected chi connectivity index (χ4v) is 3.13. The SMILES string of the molecule is CC(C)(C)[S+]([O-])N=Cc1cccc(Cl)c1Cc1ccccc1C(=O)OS. The molecule has 0 aromatic heterocycles. The van der Waals surface area contributed by atoms with Crippen LogP contribution in [0.15, 0.2) is 46.9 Å². The van der Waals surface area contributed by atoms with E-state index < -0.39 is 22.1 Å². The normalized spacial score (nSPS) is 13.0. The number of hydrogen-bond acceptors (Lipinski definition) is 5. The van der Waals surface area contributed by atoms with Gasteiger partial charge < -0.3 is 8.74 Å². The molecule has 1 unspecified atom stereocenters. The van der Waals surface area contributed by atoms with Crippen LogP contribution in [0.4, 0.5) is 0 Å². The first-order valence-corrected chi connectivity index (χ1v) is 9.76. The van der Waals surface area contributed by atoms with E-state index in [1.165, 1.54) is 0 Å². The van der Waals surface area contributed by atoms with Crippen LogP contribution in [0.3, 0.4) is 0 Å². The summed E-state index contributed by atoms with van der Waals surface area (Å²) in [6, 6.07) is 12.5. The van der Waals surface area contributed by atoms with E-state index in [4.69, 9.17) is 11.6 Å². The zero-order chi connectivity index (χ0) is 19.3. The quantitative estimate of drug-likeness (QED) is 0.333. The van der Waals surface area contributed by atoms with Crippen molar-refractivity contribution in [3.8, 4) is 0 Å². The fourth-order valence-electron chi connectivity index (χ4n) is 2.26. The lowest BCUT2D eigenvalue weighted by molar-refractivity contribution is 0.0771. The molecule has 1 atom stereocenters. The predicted molar refractivity (Wildman–Crippen MR) is 111 cm³/mol. The maximum Gasteiger partial charge on any atom is 0.350 e. The molecule has 0 radical (unpaired) electrons. The molecule has 0 N–H and O–H groups in total. The Morgan fingerprint density at radius 1 is 1.27 bits per heavy atom. The van der Waals surface area contributed by atoms with Gasteiger partial charge in [-0.05, 0) is 44.0 Å². The first-order valence-electron chi connectivity index (χ1n) is 7.91. The fraction of sp³-hybridized carbons (Fsp3) is 0.263. The second-order valence-electron chi connectivity index (χ2n) is 6.62. The molecule has 0 amide bonds. The van der Waals surface area contributed by atoms with E-state index in [1.807, 2.05) is 39.0 Å². The van der Waals surface area contributed by atoms with Crippen molar-refractivity contribution >= 4 is 48.1 Å². The van der Waals surface area contributed by atoms with E-state index in [9.17, 15) is 9.35 Å². The molecule has 0 aliphatic rings. The predicted octanol–water partition coefficient (Wildman–Crippen LogP) is 4.81. The Morgan fingerprint density at radius 2 is 1.96 bits per heavy atom. The van der Waals surface area contributed by atoms with Gasteiger partial charge in [0, 0.05) is 29.9 Å². The van der Waals surface area contributed by atoms with Crippen LogP contribution >= 0.6 is 24.5 Å². The Balaban J connectivity index is 2.40. The summed E-state index contributed by atoms with van der Waals surface area (Å²) in [5.74, 6) is -0.528. The number of benzene rings is 2. The highest BCUT2D eigenvalue weighted by molar-refractivity contribution is 7.91. The van der Waals surface area contributed by atoms with Crippen LogP contribution in [0, 0.1) is 0 Å². The Hall–Kier alpha value is -1.47. The second kappa shape index (κ2) is 8.95. The van der Waals surface area contributed by atoms with Crippen molar-refractivity contribution in [2.45, 2.75) is 31.9 Å². The van der Waals surface area contributed by atoms with Gasteiger partial charge in [-0.25, -0.2) is 4.79 Å². The zero-order valence-electron chi connectivity index (χ0n) is 14.7. The van der Waals surface area contributed by atoms with Crippen LogP contribution in [0.5, 0.6) is 0 Å². The molecule has 0 heterocycles. The lowest BCUT2D eigenvalue weighted by Gasteiger charge is -2.18. The van der Waals surface area contributed by atoms with Crippen molar-refractivity contribution in [1.82, 2.24) is 0 Å². The van der Waals surface area contributed by atoms with E-state index in [2.05, 4.69) is 21.5 Å². The molecule has 2 aromatic carbocycles. The van der Waals surface area contributed by atoms with Gasteiger partial charge in [-0.3, -0.25) is 0 Å². The molecule has 0 bridgehead atoms. The lowest BCUT2D eigenvalue weighted by Crippen LogP contribution is -2.25. The molecule has 2 aromatic rings. The Bertz CT molecular complexity index is 819. The number of nitrogens with zero attached hydrogens (tertiary/aromatic N) is 1. The summed E-state index contributed by atoms with van der Waals surface area (Å²) in [5.41, 5.74) is 2.72. The van der Waals surface area contributed by atoms with Gasteiger partial charge in [-0.1, -0.05) is 46.3 Å². The van der Waals surface area contributed by atoms with Gasteiger partial charge >= 0.3 is 5.97 Å². The maximum atomic E-state index is 12.2. The van der Waals surface area contributed by atoms with E-state index in [1.54, 1.807) is 30.5 Å². The van der Waals surface area contributed by atoms with Gasteiger partial charge in [0.25, 0.3) is 0 Å². The van der Waals surface area contributed by atoms with E-state index >= 15 is 0 Å². The van der Waals surface area contributed by atoms with Gasteiger partial charge in [-0.2, -0.15) is 0 Å². The van der Waals surface area contributed by atoms with Gasteiger partial charge in [0.2, 0.25) is 0 Å². The van der Waals surface area contributed by atoms with Crippen LogP contribution < -0.4 is 0 Å². The van der Waals surface area contributed by atoms with Crippen LogP contribution in [0.1, 0.15) is 47.8 Å². The number of rotatable bonds is 5. The van der Waals surface area contributed by atoms with Crippen LogP contribution in [-0.4, -0.2) is 21.5 Å². The highest BCUT2D eigenvalue weighted by atomic mass is 35.5. The maximum absolute atomic E-state index is 12.2. The van der Waals surface area contributed by atoms with Crippen molar-refractivity contribution in [3.63, 3.8) is 0 Å². The van der Waals surface area contributed by atoms with Crippen molar-refractivity contribution in [3.05, 3.63) is 69.7 Å². The molecule has 0 fully saturated rings. The summed E-state index contributed by atoms with van der Waals surface area (Å²) < 4.78 is 20.5. The molecule has 0 saturated carbocycles. The van der Waals surface area contributed by atoms with Gasteiger partial charge in [0.15, 0.2) is 0 Å². The minimum Gasteiger partial charge on any atom is -0.591 e. The number of carbonyl (C=O) groups excluding carboxylic acids is 1. The van der Waals surface area contributed by atoms with Crippen molar-refractivity contribution in [2.24, 2.45) is 4.40 Å². The van der Waals surface area contributed by atoms with Gasteiger partial charge in [0.05, 0.1) is 11.8 Å². The van der Waals surface area contributed by atoms with Crippen LogP contribution in [0.25, 0.3) is 0 Å². The highest BCUT2D eigenvalue weighted by Gasteiger charge is 2.26. The van der Waals surface area contributed by atoms with Gasteiger partial charge in [0.1, 0.15) is 16.1 Å². The topological polar surface area (TPSA) is 61.7 Å². The molecule has 26 heavy (non-hydrogen) atoms. The summed E-state index contributed by atoms with van der Waals surface area (Å²) in [6.45, 7) is 5.58. The zero-order valence-corrected chi connectivity index (χ0v) is 17.2. The number of hydrogen-bond donors (Lipinski definition) is 1. The Kier molecular flexibility index (Phi) is 7.17. The second-order valence-corrected chi connectivity index (χ2v) is 9.14. The number of halogens is 1. The minimum absolute atomic E-state index is 0.405. The largest absolute Gasteiger partial charge is 0.591 e. The summed E-state index contributed by atoms with van der Waals surface area (Å²) in [4.78, 5) is 11.9. The van der Waals surface area contributed by atoms with E-state index in [-0.39, 0.29) is 0 Å². The van der Waals surface area contributed by atoms with E-state index in [0.717, 1.165) is 16.7 Å². The van der Waals surface area contributed by atoms with Crippen LogP contribution in [-0.2, 0) is 22.0 Å². The lowest BCUT2D eigenvalue weighted by atomic mass is 9.96.